The first-order valence-electron chi connectivity index (χ1n) is 5.08. The molecule has 1 aliphatic heterocycles. The van der Waals surface area contributed by atoms with Crippen molar-refractivity contribution in [3.8, 4) is 0 Å². The van der Waals surface area contributed by atoms with E-state index in [1.807, 2.05) is 11.1 Å². The first kappa shape index (κ1) is 9.28. The van der Waals surface area contributed by atoms with Gasteiger partial charge in [0.05, 0.1) is 12.3 Å². The second-order valence-corrected chi connectivity index (χ2v) is 3.27. The first-order chi connectivity index (χ1) is 6.92. The molecule has 1 aliphatic rings. The van der Waals surface area contributed by atoms with E-state index in [0.717, 1.165) is 19.6 Å². The second kappa shape index (κ2) is 4.29. The molecule has 0 saturated heterocycles. The van der Waals surface area contributed by atoms with Gasteiger partial charge in [0.15, 0.2) is 0 Å². The predicted octanol–water partition coefficient (Wildman–Crippen LogP) is 2.68. The van der Waals surface area contributed by atoms with Crippen molar-refractivity contribution in [1.82, 2.24) is 5.06 Å². The molecule has 0 fully saturated rings. The summed E-state index contributed by atoms with van der Waals surface area (Å²) >= 11 is 0. The summed E-state index contributed by atoms with van der Waals surface area (Å²) in [6.07, 6.45) is 3.24. The summed E-state index contributed by atoms with van der Waals surface area (Å²) in [6, 6.07) is 10.4. The van der Waals surface area contributed by atoms with E-state index in [4.69, 9.17) is 4.84 Å². The third kappa shape index (κ3) is 1.80. The van der Waals surface area contributed by atoms with Gasteiger partial charge in [0.2, 0.25) is 0 Å². The minimum atomic E-state index is 0.796. The summed E-state index contributed by atoms with van der Waals surface area (Å²) in [5.74, 6) is 0. The van der Waals surface area contributed by atoms with Crippen LogP contribution in [0.5, 0.6) is 0 Å². The molecule has 2 heteroatoms. The van der Waals surface area contributed by atoms with Crippen molar-refractivity contribution in [2.45, 2.75) is 13.3 Å². The van der Waals surface area contributed by atoms with Crippen LogP contribution in [0, 0.1) is 0 Å². The Labute approximate surface area is 84.8 Å². The summed E-state index contributed by atoms with van der Waals surface area (Å²) in [7, 11) is 0. The fraction of sp³-hybridized carbons (Fsp3) is 0.333. The Bertz CT molecular complexity index is 318. The molecule has 74 valence electrons. The van der Waals surface area contributed by atoms with Crippen LogP contribution in [0.4, 0.5) is 0 Å². The molecule has 0 radical (unpaired) electrons. The lowest BCUT2D eigenvalue weighted by molar-refractivity contribution is -0.111. The summed E-state index contributed by atoms with van der Waals surface area (Å²) in [4.78, 5) is 5.56. The van der Waals surface area contributed by atoms with Crippen LogP contribution in [0.1, 0.15) is 18.9 Å². The molecule has 0 unspecified atom stereocenters. The molecule has 0 bridgehead atoms. The lowest BCUT2D eigenvalue weighted by Crippen LogP contribution is -2.25. The number of nitrogens with zero attached hydrogens (tertiary/aromatic N) is 1. The van der Waals surface area contributed by atoms with E-state index in [2.05, 4.69) is 37.3 Å². The van der Waals surface area contributed by atoms with Crippen LogP contribution in [-0.2, 0) is 4.84 Å². The molecule has 0 amide bonds. The van der Waals surface area contributed by atoms with Gasteiger partial charge in [0, 0.05) is 6.54 Å². The lowest BCUT2D eigenvalue weighted by atomic mass is 10.1. The van der Waals surface area contributed by atoms with Gasteiger partial charge in [-0.25, -0.2) is 0 Å². The van der Waals surface area contributed by atoms with Crippen LogP contribution >= 0.6 is 0 Å². The predicted molar refractivity (Wildman–Crippen MR) is 57.4 cm³/mol. The zero-order valence-corrected chi connectivity index (χ0v) is 8.44. The molecule has 2 rings (SSSR count). The maximum absolute atomic E-state index is 5.56. The maximum Gasteiger partial charge on any atom is 0.0784 e. The normalized spacial score (nSPS) is 16.6. The van der Waals surface area contributed by atoms with Crippen molar-refractivity contribution in [2.24, 2.45) is 0 Å². The standard InChI is InChI=1S/C12H15NO/c1-2-13-12(9-6-10-14-13)11-7-4-3-5-8-11/h3-5,7-9H,2,6,10H2,1H3. The van der Waals surface area contributed by atoms with Gasteiger partial charge in [-0.1, -0.05) is 36.4 Å². The number of benzene rings is 1. The highest BCUT2D eigenvalue weighted by Gasteiger charge is 2.13. The van der Waals surface area contributed by atoms with Gasteiger partial charge in [0.25, 0.3) is 0 Å². The molecule has 2 nitrogen and oxygen atoms in total. The van der Waals surface area contributed by atoms with Crippen LogP contribution in [-0.4, -0.2) is 18.2 Å². The van der Waals surface area contributed by atoms with E-state index in [1.165, 1.54) is 11.3 Å². The zero-order valence-electron chi connectivity index (χ0n) is 8.44. The van der Waals surface area contributed by atoms with E-state index in [9.17, 15) is 0 Å². The van der Waals surface area contributed by atoms with Crippen LogP contribution < -0.4 is 0 Å². The summed E-state index contributed by atoms with van der Waals surface area (Å²) in [5, 5.41) is 1.96. The molecule has 14 heavy (non-hydrogen) atoms. The van der Waals surface area contributed by atoms with Crippen molar-refractivity contribution in [2.75, 3.05) is 13.2 Å². The Morgan fingerprint density at radius 2 is 2.07 bits per heavy atom. The van der Waals surface area contributed by atoms with Gasteiger partial charge in [-0.15, -0.1) is 0 Å². The smallest absolute Gasteiger partial charge is 0.0784 e. The Hall–Kier alpha value is -1.28. The Morgan fingerprint density at radius 3 is 2.79 bits per heavy atom. The third-order valence-corrected chi connectivity index (χ3v) is 2.33. The molecule has 0 saturated carbocycles. The van der Waals surface area contributed by atoms with Crippen molar-refractivity contribution >= 4 is 5.70 Å². The van der Waals surface area contributed by atoms with Gasteiger partial charge < -0.3 is 0 Å². The molecule has 1 aromatic carbocycles. The van der Waals surface area contributed by atoms with Gasteiger partial charge in [-0.05, 0) is 18.9 Å². The van der Waals surface area contributed by atoms with E-state index < -0.39 is 0 Å². The fourth-order valence-corrected chi connectivity index (χ4v) is 1.66. The van der Waals surface area contributed by atoms with Crippen molar-refractivity contribution in [3.63, 3.8) is 0 Å². The minimum Gasteiger partial charge on any atom is -0.273 e. The number of hydroxylamine groups is 2. The molecule has 0 N–H and O–H groups in total. The monoisotopic (exact) mass is 189 g/mol. The Balaban J connectivity index is 2.28. The third-order valence-electron chi connectivity index (χ3n) is 2.33. The Kier molecular flexibility index (Phi) is 2.84. The molecule has 0 aliphatic carbocycles. The van der Waals surface area contributed by atoms with Crippen LogP contribution in [0.15, 0.2) is 36.4 Å². The molecular weight excluding hydrogens is 174 g/mol. The van der Waals surface area contributed by atoms with Gasteiger partial charge in [-0.2, -0.15) is 0 Å². The van der Waals surface area contributed by atoms with E-state index in [0.29, 0.717) is 0 Å². The fourth-order valence-electron chi connectivity index (χ4n) is 1.66. The number of hydrogen-bond acceptors (Lipinski definition) is 2. The number of hydrogen-bond donors (Lipinski definition) is 0. The largest absolute Gasteiger partial charge is 0.273 e. The second-order valence-electron chi connectivity index (χ2n) is 3.27. The first-order valence-corrected chi connectivity index (χ1v) is 5.08. The lowest BCUT2D eigenvalue weighted by Gasteiger charge is -2.28. The molecule has 0 spiro atoms. The highest BCUT2D eigenvalue weighted by atomic mass is 16.7. The van der Waals surface area contributed by atoms with Crippen LogP contribution in [0.25, 0.3) is 5.70 Å². The SMILES string of the molecule is CCN1OCCC=C1c1ccccc1. The quantitative estimate of drug-likeness (QED) is 0.709. The maximum atomic E-state index is 5.56. The Morgan fingerprint density at radius 1 is 1.29 bits per heavy atom. The molecule has 0 atom stereocenters. The van der Waals surface area contributed by atoms with Gasteiger partial charge >= 0.3 is 0 Å². The summed E-state index contributed by atoms with van der Waals surface area (Å²) in [6.45, 7) is 3.78. The topological polar surface area (TPSA) is 12.5 Å². The van der Waals surface area contributed by atoms with Gasteiger partial charge in [-0.3, -0.25) is 9.90 Å². The van der Waals surface area contributed by atoms with Crippen LogP contribution in [0.3, 0.4) is 0 Å². The average molecular weight is 189 g/mol. The minimum absolute atomic E-state index is 0.796. The van der Waals surface area contributed by atoms with Crippen molar-refractivity contribution < 1.29 is 4.84 Å². The molecular formula is C12H15NO. The molecule has 1 heterocycles. The van der Waals surface area contributed by atoms with E-state index in [-0.39, 0.29) is 0 Å². The average Bonchev–Trinajstić information content (AvgIpc) is 2.30. The summed E-state index contributed by atoms with van der Waals surface area (Å²) < 4.78 is 0. The van der Waals surface area contributed by atoms with E-state index >= 15 is 0 Å². The van der Waals surface area contributed by atoms with Crippen LogP contribution in [0.2, 0.25) is 0 Å². The van der Waals surface area contributed by atoms with E-state index in [1.54, 1.807) is 0 Å². The zero-order chi connectivity index (χ0) is 9.80. The van der Waals surface area contributed by atoms with Crippen molar-refractivity contribution in [1.29, 1.82) is 0 Å². The van der Waals surface area contributed by atoms with Crippen molar-refractivity contribution in [3.05, 3.63) is 42.0 Å². The molecule has 0 aromatic heterocycles. The molecule has 1 aromatic rings. The highest BCUT2D eigenvalue weighted by Crippen LogP contribution is 2.22. The van der Waals surface area contributed by atoms with Gasteiger partial charge in [0.1, 0.15) is 0 Å². The highest BCUT2D eigenvalue weighted by molar-refractivity contribution is 5.63. The number of rotatable bonds is 2. The summed E-state index contributed by atoms with van der Waals surface area (Å²) in [5.41, 5.74) is 2.42.